The Morgan fingerprint density at radius 2 is 2.44 bits per heavy atom. The summed E-state index contributed by atoms with van der Waals surface area (Å²) in [5.74, 6) is -1.04. The molecule has 0 aliphatic heterocycles. The first-order chi connectivity index (χ1) is 8.70. The van der Waals surface area contributed by atoms with Crippen molar-refractivity contribution in [3.8, 4) is 6.07 Å². The highest BCUT2D eigenvalue weighted by molar-refractivity contribution is 7.09. The molecule has 2 N–H and O–H groups in total. The number of carboxylic acid groups (broad SMARTS) is 1. The van der Waals surface area contributed by atoms with Gasteiger partial charge in [-0.15, -0.1) is 11.3 Å². The first-order valence-corrected chi connectivity index (χ1v) is 5.85. The SMILES string of the molecule is N#Cc1ncccc1NCc1nc(C(=O)O)cs1. The second kappa shape index (κ2) is 5.25. The third kappa shape index (κ3) is 2.61. The van der Waals surface area contributed by atoms with Crippen LogP contribution in [0.25, 0.3) is 0 Å². The van der Waals surface area contributed by atoms with Gasteiger partial charge in [0.15, 0.2) is 11.4 Å². The molecular formula is C11H8N4O2S. The summed E-state index contributed by atoms with van der Waals surface area (Å²) >= 11 is 1.25. The number of anilines is 1. The lowest BCUT2D eigenvalue weighted by Crippen LogP contribution is -2.03. The Kier molecular flexibility index (Phi) is 3.50. The molecule has 0 aliphatic rings. The maximum Gasteiger partial charge on any atom is 0.355 e. The van der Waals surface area contributed by atoms with Crippen LogP contribution in [0.1, 0.15) is 21.2 Å². The van der Waals surface area contributed by atoms with Crippen molar-refractivity contribution in [2.45, 2.75) is 6.54 Å². The molecule has 2 aromatic heterocycles. The van der Waals surface area contributed by atoms with E-state index in [2.05, 4.69) is 15.3 Å². The zero-order chi connectivity index (χ0) is 13.0. The fourth-order valence-electron chi connectivity index (χ4n) is 1.30. The first-order valence-electron chi connectivity index (χ1n) is 4.97. The van der Waals surface area contributed by atoms with Crippen molar-refractivity contribution in [3.63, 3.8) is 0 Å². The van der Waals surface area contributed by atoms with E-state index < -0.39 is 5.97 Å². The van der Waals surface area contributed by atoms with Crippen molar-refractivity contribution < 1.29 is 9.90 Å². The number of hydrogen-bond acceptors (Lipinski definition) is 6. The average Bonchev–Trinajstić information content (AvgIpc) is 2.85. The minimum absolute atomic E-state index is 0.0310. The molecule has 0 saturated heterocycles. The monoisotopic (exact) mass is 260 g/mol. The van der Waals surface area contributed by atoms with Gasteiger partial charge in [0.1, 0.15) is 11.1 Å². The van der Waals surface area contributed by atoms with Crippen molar-refractivity contribution in [2.75, 3.05) is 5.32 Å². The van der Waals surface area contributed by atoms with Gasteiger partial charge in [-0.05, 0) is 12.1 Å². The van der Waals surface area contributed by atoms with E-state index in [0.29, 0.717) is 22.9 Å². The Morgan fingerprint density at radius 1 is 1.61 bits per heavy atom. The number of aromatic nitrogens is 2. The van der Waals surface area contributed by atoms with Crippen molar-refractivity contribution in [1.29, 1.82) is 5.26 Å². The Bertz CT molecular complexity index is 618. The van der Waals surface area contributed by atoms with Gasteiger partial charge >= 0.3 is 5.97 Å². The summed E-state index contributed by atoms with van der Waals surface area (Å²) in [4.78, 5) is 18.5. The van der Waals surface area contributed by atoms with E-state index in [4.69, 9.17) is 10.4 Å². The van der Waals surface area contributed by atoms with Gasteiger partial charge in [-0.1, -0.05) is 0 Å². The van der Waals surface area contributed by atoms with Crippen LogP contribution in [-0.4, -0.2) is 21.0 Å². The average molecular weight is 260 g/mol. The number of thiazole rings is 1. The summed E-state index contributed by atoms with van der Waals surface area (Å²) in [6.07, 6.45) is 1.54. The predicted octanol–water partition coefficient (Wildman–Crippen LogP) is 1.72. The van der Waals surface area contributed by atoms with Gasteiger partial charge in [-0.2, -0.15) is 5.26 Å². The van der Waals surface area contributed by atoms with Gasteiger partial charge in [0.25, 0.3) is 0 Å². The van der Waals surface area contributed by atoms with Crippen LogP contribution in [0.3, 0.4) is 0 Å². The number of nitriles is 1. The molecule has 2 rings (SSSR count). The lowest BCUT2D eigenvalue weighted by Gasteiger charge is -2.04. The number of nitrogens with one attached hydrogen (secondary N) is 1. The van der Waals surface area contributed by atoms with Gasteiger partial charge in [-0.3, -0.25) is 0 Å². The van der Waals surface area contributed by atoms with Crippen molar-refractivity contribution in [3.05, 3.63) is 40.1 Å². The van der Waals surface area contributed by atoms with Crippen molar-refractivity contribution in [1.82, 2.24) is 9.97 Å². The van der Waals surface area contributed by atoms with Gasteiger partial charge in [0.05, 0.1) is 12.2 Å². The zero-order valence-corrected chi connectivity index (χ0v) is 9.94. The van der Waals surface area contributed by atoms with Crippen LogP contribution in [0.5, 0.6) is 0 Å². The summed E-state index contributed by atoms with van der Waals surface area (Å²) < 4.78 is 0. The smallest absolute Gasteiger partial charge is 0.355 e. The molecular weight excluding hydrogens is 252 g/mol. The minimum atomic E-state index is -1.04. The quantitative estimate of drug-likeness (QED) is 0.868. The maximum atomic E-state index is 10.7. The second-order valence-electron chi connectivity index (χ2n) is 3.30. The molecule has 0 unspecified atom stereocenters. The van der Waals surface area contributed by atoms with E-state index in [-0.39, 0.29) is 5.69 Å². The molecule has 0 spiro atoms. The van der Waals surface area contributed by atoms with E-state index in [9.17, 15) is 4.79 Å². The molecule has 90 valence electrons. The summed E-state index contributed by atoms with van der Waals surface area (Å²) in [7, 11) is 0. The molecule has 0 atom stereocenters. The summed E-state index contributed by atoms with van der Waals surface area (Å²) in [5, 5.41) is 22.7. The third-order valence-corrected chi connectivity index (χ3v) is 2.96. The lowest BCUT2D eigenvalue weighted by molar-refractivity contribution is 0.0691. The van der Waals surface area contributed by atoms with Gasteiger partial charge in [-0.25, -0.2) is 14.8 Å². The number of hydrogen-bond donors (Lipinski definition) is 2. The molecule has 2 aromatic rings. The van der Waals surface area contributed by atoms with Crippen molar-refractivity contribution in [2.24, 2.45) is 0 Å². The molecule has 0 radical (unpaired) electrons. The topological polar surface area (TPSA) is 98.9 Å². The van der Waals surface area contributed by atoms with Crippen LogP contribution in [-0.2, 0) is 6.54 Å². The standard InChI is InChI=1S/C11H8N4O2S/c12-4-8-7(2-1-3-13-8)14-5-10-15-9(6-18-10)11(16)17/h1-3,6,14H,5H2,(H,16,17). The second-order valence-corrected chi connectivity index (χ2v) is 4.24. The Labute approximate surface area is 107 Å². The highest BCUT2D eigenvalue weighted by atomic mass is 32.1. The Morgan fingerprint density at radius 3 is 3.11 bits per heavy atom. The number of aromatic carboxylic acids is 1. The molecule has 0 saturated carbocycles. The largest absolute Gasteiger partial charge is 0.476 e. The van der Waals surface area contributed by atoms with Crippen LogP contribution in [0.15, 0.2) is 23.7 Å². The zero-order valence-electron chi connectivity index (χ0n) is 9.12. The van der Waals surface area contributed by atoms with Crippen LogP contribution in [0.4, 0.5) is 5.69 Å². The third-order valence-electron chi connectivity index (χ3n) is 2.11. The van der Waals surface area contributed by atoms with E-state index in [0.717, 1.165) is 0 Å². The first kappa shape index (κ1) is 12.0. The maximum absolute atomic E-state index is 10.7. The fraction of sp³-hybridized carbons (Fsp3) is 0.0909. The highest BCUT2D eigenvalue weighted by Gasteiger charge is 2.09. The molecule has 18 heavy (non-hydrogen) atoms. The van der Waals surface area contributed by atoms with Crippen LogP contribution in [0.2, 0.25) is 0 Å². The minimum Gasteiger partial charge on any atom is -0.476 e. The van der Waals surface area contributed by atoms with Crippen LogP contribution >= 0.6 is 11.3 Å². The number of carbonyl (C=O) groups is 1. The summed E-state index contributed by atoms with van der Waals surface area (Å²) in [6.45, 7) is 0.359. The molecule has 6 nitrogen and oxygen atoms in total. The van der Waals surface area contributed by atoms with E-state index in [1.54, 1.807) is 12.1 Å². The van der Waals surface area contributed by atoms with Crippen LogP contribution in [0, 0.1) is 11.3 Å². The molecule has 2 heterocycles. The molecule has 0 amide bonds. The molecule has 7 heteroatoms. The van der Waals surface area contributed by atoms with Gasteiger partial charge in [0.2, 0.25) is 0 Å². The van der Waals surface area contributed by atoms with Gasteiger partial charge < -0.3 is 10.4 Å². The predicted molar refractivity (Wildman–Crippen MR) is 65.4 cm³/mol. The number of nitrogens with zero attached hydrogens (tertiary/aromatic N) is 3. The molecule has 0 aliphatic carbocycles. The van der Waals surface area contributed by atoms with E-state index in [1.165, 1.54) is 22.9 Å². The Hall–Kier alpha value is -2.46. The van der Waals surface area contributed by atoms with Crippen molar-refractivity contribution >= 4 is 23.0 Å². The molecule has 0 fully saturated rings. The lowest BCUT2D eigenvalue weighted by atomic mass is 10.3. The summed E-state index contributed by atoms with van der Waals surface area (Å²) in [5.41, 5.74) is 0.933. The fourth-order valence-corrected chi connectivity index (χ4v) is 2.01. The number of carboxylic acids is 1. The van der Waals surface area contributed by atoms with E-state index in [1.807, 2.05) is 6.07 Å². The normalized spacial score (nSPS) is 9.72. The molecule has 0 bridgehead atoms. The number of pyridine rings is 1. The Balaban J connectivity index is 2.07. The molecule has 0 aromatic carbocycles. The van der Waals surface area contributed by atoms with Gasteiger partial charge in [0, 0.05) is 11.6 Å². The van der Waals surface area contributed by atoms with Crippen LogP contribution < -0.4 is 5.32 Å². The summed E-state index contributed by atoms with van der Waals surface area (Å²) in [6, 6.07) is 5.42. The highest BCUT2D eigenvalue weighted by Crippen LogP contribution is 2.15. The number of rotatable bonds is 4. The van der Waals surface area contributed by atoms with E-state index >= 15 is 0 Å².